The number of anilines is 1. The van der Waals surface area contributed by atoms with Gasteiger partial charge < -0.3 is 10.6 Å². The minimum Gasteiger partial charge on any atom is -0.356 e. The van der Waals surface area contributed by atoms with Gasteiger partial charge in [0.1, 0.15) is 0 Å². The molecule has 116 valence electrons. The van der Waals surface area contributed by atoms with E-state index in [0.29, 0.717) is 5.11 Å². The second-order valence-electron chi connectivity index (χ2n) is 5.77. The van der Waals surface area contributed by atoms with Crippen molar-refractivity contribution in [3.8, 4) is 0 Å². The van der Waals surface area contributed by atoms with Gasteiger partial charge in [-0.15, -0.1) is 0 Å². The van der Waals surface area contributed by atoms with E-state index in [4.69, 9.17) is 12.2 Å². The molecule has 0 bridgehead atoms. The molecular weight excluding hydrogens is 288 g/mol. The summed E-state index contributed by atoms with van der Waals surface area (Å²) in [4.78, 5) is 0. The van der Waals surface area contributed by atoms with E-state index in [9.17, 15) is 0 Å². The average Bonchev–Trinajstić information content (AvgIpc) is 2.48. The van der Waals surface area contributed by atoms with Gasteiger partial charge in [0, 0.05) is 5.69 Å². The Labute approximate surface area is 139 Å². The zero-order chi connectivity index (χ0) is 16.1. The SMILES string of the molecule is CC[C@@H](NC(=S)Nc1cccc(C)c1)c1ccc(C)c(C)c1. The standard InChI is InChI=1S/C19H24N2S/c1-5-18(16-10-9-14(3)15(4)12-16)21-19(22)20-17-8-6-7-13(2)11-17/h6-12,18H,5H2,1-4H3,(H2,20,21,22)/t18-/m1/s1. The highest BCUT2D eigenvalue weighted by Gasteiger charge is 2.11. The van der Waals surface area contributed by atoms with Crippen LogP contribution in [0.3, 0.4) is 0 Å². The monoisotopic (exact) mass is 312 g/mol. The maximum absolute atomic E-state index is 5.46. The van der Waals surface area contributed by atoms with Crippen molar-refractivity contribution in [3.05, 3.63) is 64.7 Å². The summed E-state index contributed by atoms with van der Waals surface area (Å²) in [7, 11) is 0. The number of nitrogens with one attached hydrogen (secondary N) is 2. The predicted molar refractivity (Wildman–Crippen MR) is 99.5 cm³/mol. The van der Waals surface area contributed by atoms with Crippen molar-refractivity contribution < 1.29 is 0 Å². The highest BCUT2D eigenvalue weighted by molar-refractivity contribution is 7.80. The first-order valence-electron chi connectivity index (χ1n) is 7.71. The topological polar surface area (TPSA) is 24.1 Å². The van der Waals surface area contributed by atoms with E-state index in [2.05, 4.69) is 68.7 Å². The Balaban J connectivity index is 2.06. The third kappa shape index (κ3) is 4.31. The van der Waals surface area contributed by atoms with Crippen LogP contribution in [0.15, 0.2) is 42.5 Å². The van der Waals surface area contributed by atoms with E-state index < -0.39 is 0 Å². The first-order valence-corrected chi connectivity index (χ1v) is 8.11. The summed E-state index contributed by atoms with van der Waals surface area (Å²) < 4.78 is 0. The summed E-state index contributed by atoms with van der Waals surface area (Å²) in [5.74, 6) is 0. The van der Waals surface area contributed by atoms with Crippen molar-refractivity contribution in [1.82, 2.24) is 5.32 Å². The fourth-order valence-corrected chi connectivity index (χ4v) is 2.71. The smallest absolute Gasteiger partial charge is 0.171 e. The number of hydrogen-bond acceptors (Lipinski definition) is 1. The highest BCUT2D eigenvalue weighted by atomic mass is 32.1. The summed E-state index contributed by atoms with van der Waals surface area (Å²) in [6.45, 7) is 8.53. The Bertz CT molecular complexity index is 664. The van der Waals surface area contributed by atoms with E-state index in [0.717, 1.165) is 12.1 Å². The van der Waals surface area contributed by atoms with Crippen LogP contribution in [0.1, 0.15) is 41.6 Å². The van der Waals surface area contributed by atoms with Gasteiger partial charge in [0.2, 0.25) is 0 Å². The minimum absolute atomic E-state index is 0.226. The highest BCUT2D eigenvalue weighted by Crippen LogP contribution is 2.20. The van der Waals surface area contributed by atoms with Crippen LogP contribution in [-0.2, 0) is 0 Å². The Morgan fingerprint density at radius 2 is 1.82 bits per heavy atom. The Morgan fingerprint density at radius 1 is 1.05 bits per heavy atom. The van der Waals surface area contributed by atoms with Gasteiger partial charge in [0.15, 0.2) is 5.11 Å². The largest absolute Gasteiger partial charge is 0.356 e. The third-order valence-corrected chi connectivity index (χ3v) is 4.14. The molecule has 0 saturated heterocycles. The van der Waals surface area contributed by atoms with Gasteiger partial charge in [-0.25, -0.2) is 0 Å². The molecule has 2 rings (SSSR count). The molecular formula is C19H24N2S. The zero-order valence-electron chi connectivity index (χ0n) is 13.7. The van der Waals surface area contributed by atoms with Crippen molar-refractivity contribution in [3.63, 3.8) is 0 Å². The first kappa shape index (κ1) is 16.5. The van der Waals surface area contributed by atoms with Crippen molar-refractivity contribution in [2.45, 2.75) is 40.2 Å². The quantitative estimate of drug-likeness (QED) is 0.773. The zero-order valence-corrected chi connectivity index (χ0v) is 14.6. The van der Waals surface area contributed by atoms with Crippen LogP contribution in [0.4, 0.5) is 5.69 Å². The molecule has 0 radical (unpaired) electrons. The maximum Gasteiger partial charge on any atom is 0.171 e. The molecule has 0 heterocycles. The Kier molecular flexibility index (Phi) is 5.56. The Morgan fingerprint density at radius 3 is 2.45 bits per heavy atom. The molecule has 0 saturated carbocycles. The van der Waals surface area contributed by atoms with Crippen molar-refractivity contribution >= 4 is 23.0 Å². The molecule has 0 aromatic heterocycles. The molecule has 2 aromatic carbocycles. The van der Waals surface area contributed by atoms with E-state index in [1.54, 1.807) is 0 Å². The van der Waals surface area contributed by atoms with Gasteiger partial charge in [-0.2, -0.15) is 0 Å². The lowest BCUT2D eigenvalue weighted by Gasteiger charge is -2.21. The van der Waals surface area contributed by atoms with Crippen molar-refractivity contribution in [1.29, 1.82) is 0 Å². The number of benzene rings is 2. The van der Waals surface area contributed by atoms with Crippen LogP contribution in [0.2, 0.25) is 0 Å². The van der Waals surface area contributed by atoms with E-state index in [-0.39, 0.29) is 6.04 Å². The van der Waals surface area contributed by atoms with Crippen molar-refractivity contribution in [2.75, 3.05) is 5.32 Å². The summed E-state index contributed by atoms with van der Waals surface area (Å²) >= 11 is 5.46. The van der Waals surface area contributed by atoms with E-state index >= 15 is 0 Å². The summed E-state index contributed by atoms with van der Waals surface area (Å²) in [6.07, 6.45) is 0.984. The van der Waals surface area contributed by atoms with E-state index in [1.807, 2.05) is 12.1 Å². The van der Waals surface area contributed by atoms with Gasteiger partial charge in [0.25, 0.3) is 0 Å². The third-order valence-electron chi connectivity index (χ3n) is 3.92. The molecule has 1 atom stereocenters. The normalized spacial score (nSPS) is 11.8. The van der Waals surface area contributed by atoms with Gasteiger partial charge in [-0.05, 0) is 73.8 Å². The fraction of sp³-hybridized carbons (Fsp3) is 0.316. The van der Waals surface area contributed by atoms with Crippen LogP contribution < -0.4 is 10.6 Å². The summed E-state index contributed by atoms with van der Waals surface area (Å²) in [5, 5.41) is 7.34. The van der Waals surface area contributed by atoms with Crippen LogP contribution in [-0.4, -0.2) is 5.11 Å². The lowest BCUT2D eigenvalue weighted by atomic mass is 9.99. The van der Waals surface area contributed by atoms with Crippen LogP contribution in [0.5, 0.6) is 0 Å². The molecule has 0 aliphatic rings. The number of thiocarbonyl (C=S) groups is 1. The van der Waals surface area contributed by atoms with Crippen LogP contribution in [0.25, 0.3) is 0 Å². The predicted octanol–water partition coefficient (Wildman–Crippen LogP) is 5.05. The van der Waals surface area contributed by atoms with Gasteiger partial charge in [0.05, 0.1) is 6.04 Å². The van der Waals surface area contributed by atoms with Crippen molar-refractivity contribution in [2.24, 2.45) is 0 Å². The number of hydrogen-bond donors (Lipinski definition) is 2. The average molecular weight is 312 g/mol. The lowest BCUT2D eigenvalue weighted by Crippen LogP contribution is -2.32. The molecule has 0 aliphatic carbocycles. The molecule has 0 spiro atoms. The van der Waals surface area contributed by atoms with Gasteiger partial charge >= 0.3 is 0 Å². The maximum atomic E-state index is 5.46. The lowest BCUT2D eigenvalue weighted by molar-refractivity contribution is 0.628. The molecule has 2 aromatic rings. The molecule has 2 nitrogen and oxygen atoms in total. The second kappa shape index (κ2) is 7.41. The van der Waals surface area contributed by atoms with E-state index in [1.165, 1.54) is 22.3 Å². The molecule has 0 aliphatic heterocycles. The molecule has 3 heteroatoms. The first-order chi connectivity index (χ1) is 10.5. The summed E-state index contributed by atoms with van der Waals surface area (Å²) in [5.41, 5.74) is 6.15. The number of aryl methyl sites for hydroxylation is 3. The van der Waals surface area contributed by atoms with Crippen LogP contribution in [0, 0.1) is 20.8 Å². The van der Waals surface area contributed by atoms with Crippen LogP contribution >= 0.6 is 12.2 Å². The molecule has 0 amide bonds. The number of rotatable bonds is 4. The summed E-state index contributed by atoms with van der Waals surface area (Å²) in [6, 6.07) is 15.0. The molecule has 22 heavy (non-hydrogen) atoms. The van der Waals surface area contributed by atoms with Gasteiger partial charge in [-0.1, -0.05) is 37.3 Å². The molecule has 2 N–H and O–H groups in total. The Hall–Kier alpha value is -1.87. The minimum atomic E-state index is 0.226. The second-order valence-corrected chi connectivity index (χ2v) is 6.18. The fourth-order valence-electron chi connectivity index (χ4n) is 2.45. The van der Waals surface area contributed by atoms with Gasteiger partial charge in [-0.3, -0.25) is 0 Å². The molecule has 0 fully saturated rings. The molecule has 0 unspecified atom stereocenters.